The van der Waals surface area contributed by atoms with Crippen molar-refractivity contribution < 1.29 is 19.6 Å². The van der Waals surface area contributed by atoms with Crippen molar-refractivity contribution >= 4 is 34.8 Å². The van der Waals surface area contributed by atoms with Crippen molar-refractivity contribution in [2.75, 3.05) is 33.4 Å². The lowest BCUT2D eigenvalue weighted by atomic mass is 10.1. The van der Waals surface area contributed by atoms with Crippen LogP contribution in [-0.2, 0) is 4.74 Å². The number of aliphatic hydroxyl groups is 1. The highest BCUT2D eigenvalue weighted by Crippen LogP contribution is 2.33. The van der Waals surface area contributed by atoms with Crippen LogP contribution in [0.3, 0.4) is 0 Å². The summed E-state index contributed by atoms with van der Waals surface area (Å²) in [5.41, 5.74) is -0.413. The van der Waals surface area contributed by atoms with E-state index in [2.05, 4.69) is 0 Å². The van der Waals surface area contributed by atoms with Gasteiger partial charge in [0.15, 0.2) is 0 Å². The number of amides is 1. The van der Waals surface area contributed by atoms with Crippen LogP contribution in [0.5, 0.6) is 0 Å². The van der Waals surface area contributed by atoms with E-state index >= 15 is 0 Å². The first-order valence-electron chi connectivity index (χ1n) is 5.94. The van der Waals surface area contributed by atoms with Crippen LogP contribution in [0.4, 0.5) is 5.69 Å². The second-order valence-electron chi connectivity index (χ2n) is 4.06. The Kier molecular flexibility index (Phi) is 6.83. The van der Waals surface area contributed by atoms with Gasteiger partial charge in [0, 0.05) is 31.8 Å². The third kappa shape index (κ3) is 4.53. The Morgan fingerprint density at radius 3 is 2.62 bits per heavy atom. The first-order valence-corrected chi connectivity index (χ1v) is 6.70. The monoisotopic (exact) mass is 336 g/mol. The van der Waals surface area contributed by atoms with Gasteiger partial charge in [0.25, 0.3) is 11.6 Å². The van der Waals surface area contributed by atoms with Crippen molar-refractivity contribution in [1.29, 1.82) is 0 Å². The normalized spacial score (nSPS) is 10.5. The van der Waals surface area contributed by atoms with Crippen LogP contribution >= 0.6 is 23.2 Å². The summed E-state index contributed by atoms with van der Waals surface area (Å²) in [6, 6.07) is 2.32. The molecule has 0 saturated carbocycles. The molecule has 21 heavy (non-hydrogen) atoms. The number of hydrogen-bond acceptors (Lipinski definition) is 5. The summed E-state index contributed by atoms with van der Waals surface area (Å²) < 4.78 is 4.88. The zero-order chi connectivity index (χ0) is 16.0. The van der Waals surface area contributed by atoms with Crippen LogP contribution in [-0.4, -0.2) is 54.3 Å². The van der Waals surface area contributed by atoms with Crippen molar-refractivity contribution in [2.45, 2.75) is 0 Å². The average Bonchev–Trinajstić information content (AvgIpc) is 2.45. The first-order chi connectivity index (χ1) is 9.92. The summed E-state index contributed by atoms with van der Waals surface area (Å²) in [5, 5.41) is 19.6. The Balaban J connectivity index is 3.12. The molecule has 0 heterocycles. The fraction of sp³-hybridized carbons (Fsp3) is 0.417. The fourth-order valence-electron chi connectivity index (χ4n) is 1.65. The van der Waals surface area contributed by atoms with E-state index in [0.29, 0.717) is 0 Å². The molecule has 0 spiro atoms. The molecule has 1 aromatic rings. The predicted molar refractivity (Wildman–Crippen MR) is 78.0 cm³/mol. The molecule has 116 valence electrons. The highest BCUT2D eigenvalue weighted by atomic mass is 35.5. The maximum atomic E-state index is 12.3. The van der Waals surface area contributed by atoms with E-state index in [1.807, 2.05) is 0 Å². The molecule has 1 rings (SSSR count). The number of halogens is 2. The molecular weight excluding hydrogens is 323 g/mol. The Labute approximate surface area is 131 Å². The number of carbonyl (C=O) groups is 1. The number of aliphatic hydroxyl groups excluding tert-OH is 1. The number of methoxy groups -OCH3 is 1. The molecule has 0 radical (unpaired) electrons. The smallest absolute Gasteiger partial charge is 0.290 e. The first kappa shape index (κ1) is 17.6. The molecule has 0 aromatic heterocycles. The van der Waals surface area contributed by atoms with Crippen LogP contribution in [0, 0.1) is 10.1 Å². The molecule has 0 atom stereocenters. The second-order valence-corrected chi connectivity index (χ2v) is 4.84. The molecule has 0 fully saturated rings. The Morgan fingerprint density at radius 2 is 2.10 bits per heavy atom. The summed E-state index contributed by atoms with van der Waals surface area (Å²) in [5.74, 6) is -0.497. The van der Waals surface area contributed by atoms with Gasteiger partial charge in [-0.25, -0.2) is 0 Å². The molecule has 1 aromatic carbocycles. The van der Waals surface area contributed by atoms with E-state index in [9.17, 15) is 14.9 Å². The number of rotatable bonds is 7. The van der Waals surface area contributed by atoms with Crippen molar-refractivity contribution in [3.05, 3.63) is 37.9 Å². The SMILES string of the molecule is COCCN(CCO)C(=O)c1cc(Cl)c(Cl)c([N+](=O)[O-])c1. The van der Waals surface area contributed by atoms with E-state index in [1.54, 1.807) is 0 Å². The summed E-state index contributed by atoms with van der Waals surface area (Å²) in [6.45, 7) is 0.355. The van der Waals surface area contributed by atoms with Crippen LogP contribution < -0.4 is 0 Å². The van der Waals surface area contributed by atoms with E-state index < -0.39 is 16.5 Å². The summed E-state index contributed by atoms with van der Waals surface area (Å²) >= 11 is 11.5. The molecule has 1 amide bonds. The lowest BCUT2D eigenvalue weighted by Crippen LogP contribution is -2.36. The van der Waals surface area contributed by atoms with E-state index in [4.69, 9.17) is 33.0 Å². The van der Waals surface area contributed by atoms with Gasteiger partial charge in [-0.3, -0.25) is 14.9 Å². The molecule has 0 saturated heterocycles. The topological polar surface area (TPSA) is 92.9 Å². The number of carbonyl (C=O) groups excluding carboxylic acids is 1. The molecule has 9 heteroatoms. The number of nitro benzene ring substituents is 1. The Morgan fingerprint density at radius 1 is 1.43 bits per heavy atom. The third-order valence-corrected chi connectivity index (χ3v) is 3.47. The summed E-state index contributed by atoms with van der Waals surface area (Å²) in [6.07, 6.45) is 0. The predicted octanol–water partition coefficient (Wildman–Crippen LogP) is 1.98. The number of nitro groups is 1. The number of hydrogen-bond donors (Lipinski definition) is 1. The zero-order valence-corrected chi connectivity index (χ0v) is 12.7. The van der Waals surface area contributed by atoms with E-state index in [1.165, 1.54) is 18.1 Å². The highest BCUT2D eigenvalue weighted by molar-refractivity contribution is 6.43. The second kappa shape index (κ2) is 8.14. The lowest BCUT2D eigenvalue weighted by Gasteiger charge is -2.21. The van der Waals surface area contributed by atoms with Gasteiger partial charge in [-0.05, 0) is 6.07 Å². The van der Waals surface area contributed by atoms with E-state index in [0.717, 1.165) is 6.07 Å². The van der Waals surface area contributed by atoms with Crippen molar-refractivity contribution in [1.82, 2.24) is 4.90 Å². The minimum absolute atomic E-state index is 0.0284. The largest absolute Gasteiger partial charge is 0.395 e. The molecule has 0 aliphatic rings. The minimum atomic E-state index is -0.712. The van der Waals surface area contributed by atoms with Crippen LogP contribution in [0.2, 0.25) is 10.0 Å². The van der Waals surface area contributed by atoms with Gasteiger partial charge < -0.3 is 14.7 Å². The molecule has 0 unspecified atom stereocenters. The molecular formula is C12H14Cl2N2O5. The van der Waals surface area contributed by atoms with Crippen LogP contribution in [0.1, 0.15) is 10.4 Å². The van der Waals surface area contributed by atoms with Gasteiger partial charge in [0.2, 0.25) is 0 Å². The van der Waals surface area contributed by atoms with Crippen molar-refractivity contribution in [3.8, 4) is 0 Å². The zero-order valence-electron chi connectivity index (χ0n) is 11.2. The molecule has 1 N–H and O–H groups in total. The van der Waals surface area contributed by atoms with Crippen LogP contribution in [0.25, 0.3) is 0 Å². The highest BCUT2D eigenvalue weighted by Gasteiger charge is 2.23. The van der Waals surface area contributed by atoms with Gasteiger partial charge >= 0.3 is 0 Å². The summed E-state index contributed by atoms with van der Waals surface area (Å²) in [7, 11) is 1.48. The number of nitrogens with zero attached hydrogens (tertiary/aromatic N) is 2. The maximum Gasteiger partial charge on any atom is 0.290 e. The number of ether oxygens (including phenoxy) is 1. The molecule has 0 aliphatic carbocycles. The van der Waals surface area contributed by atoms with Gasteiger partial charge in [-0.2, -0.15) is 0 Å². The molecule has 0 aliphatic heterocycles. The van der Waals surface area contributed by atoms with Gasteiger partial charge in [-0.1, -0.05) is 23.2 Å². The Hall–Kier alpha value is -1.41. The molecule has 0 bridgehead atoms. The third-order valence-electron chi connectivity index (χ3n) is 2.68. The van der Waals surface area contributed by atoms with Gasteiger partial charge in [-0.15, -0.1) is 0 Å². The quantitative estimate of drug-likeness (QED) is 0.607. The standard InChI is InChI=1S/C12H14Cl2N2O5/c1-21-5-3-15(2-4-17)12(18)8-6-9(13)11(14)10(7-8)16(19)20/h6-7,17H,2-5H2,1H3. The van der Waals surface area contributed by atoms with Gasteiger partial charge in [0.05, 0.1) is 23.2 Å². The van der Waals surface area contributed by atoms with Crippen molar-refractivity contribution in [2.24, 2.45) is 0 Å². The average molecular weight is 337 g/mol. The van der Waals surface area contributed by atoms with Gasteiger partial charge in [0.1, 0.15) is 5.02 Å². The number of benzene rings is 1. The minimum Gasteiger partial charge on any atom is -0.395 e. The summed E-state index contributed by atoms with van der Waals surface area (Å²) in [4.78, 5) is 23.8. The Bertz CT molecular complexity index is 539. The lowest BCUT2D eigenvalue weighted by molar-refractivity contribution is -0.384. The van der Waals surface area contributed by atoms with Crippen molar-refractivity contribution in [3.63, 3.8) is 0 Å². The molecule has 7 nitrogen and oxygen atoms in total. The van der Waals surface area contributed by atoms with E-state index in [-0.39, 0.29) is 41.9 Å². The maximum absolute atomic E-state index is 12.3. The fourth-order valence-corrected chi connectivity index (χ4v) is 2.04. The van der Waals surface area contributed by atoms with Crippen LogP contribution in [0.15, 0.2) is 12.1 Å².